The van der Waals surface area contributed by atoms with Crippen LogP contribution in [0.5, 0.6) is 5.75 Å². The third-order valence-electron chi connectivity index (χ3n) is 9.58. The van der Waals surface area contributed by atoms with Crippen LogP contribution in [0.4, 0.5) is 10.1 Å². The van der Waals surface area contributed by atoms with Crippen molar-refractivity contribution in [3.05, 3.63) is 72.1 Å². The Morgan fingerprint density at radius 3 is 2.51 bits per heavy atom. The number of benzene rings is 2. The van der Waals surface area contributed by atoms with Crippen LogP contribution in [0.25, 0.3) is 0 Å². The summed E-state index contributed by atoms with van der Waals surface area (Å²) in [4.78, 5) is 43.5. The second-order valence-electron chi connectivity index (χ2n) is 11.9. The number of likely N-dealkylation sites (tertiary alicyclic amines) is 1. The number of carbonyl (C=O) groups is 3. The minimum Gasteiger partial charge on any atom is -0.497 e. The molecule has 41 heavy (non-hydrogen) atoms. The predicted octanol–water partition coefficient (Wildman–Crippen LogP) is 4.06. The second kappa shape index (κ2) is 10.6. The summed E-state index contributed by atoms with van der Waals surface area (Å²) < 4.78 is 25.3. The average Bonchev–Trinajstić information content (AvgIpc) is 3.60. The van der Waals surface area contributed by atoms with Gasteiger partial charge in [0.25, 0.3) is 0 Å². The summed E-state index contributed by atoms with van der Waals surface area (Å²) in [6.07, 6.45) is 6.00. The van der Waals surface area contributed by atoms with Gasteiger partial charge in [0.1, 0.15) is 23.2 Å². The summed E-state index contributed by atoms with van der Waals surface area (Å²) in [6.45, 7) is 4.46. The van der Waals surface area contributed by atoms with Crippen LogP contribution < -0.4 is 15.4 Å². The van der Waals surface area contributed by atoms with Gasteiger partial charge in [-0.2, -0.15) is 0 Å². The topological polar surface area (TPSA) is 97.0 Å². The molecule has 2 N–H and O–H groups in total. The van der Waals surface area contributed by atoms with Crippen LogP contribution in [0.2, 0.25) is 0 Å². The van der Waals surface area contributed by atoms with Crippen molar-refractivity contribution in [3.8, 4) is 5.75 Å². The van der Waals surface area contributed by atoms with E-state index in [0.717, 1.165) is 19.3 Å². The van der Waals surface area contributed by atoms with Crippen molar-refractivity contribution in [3.63, 3.8) is 0 Å². The van der Waals surface area contributed by atoms with E-state index in [9.17, 15) is 18.8 Å². The molecule has 0 radical (unpaired) electrons. The smallest absolute Gasteiger partial charge is 0.246 e. The number of nitrogens with one attached hydrogen (secondary N) is 2. The summed E-state index contributed by atoms with van der Waals surface area (Å²) in [5, 5.41) is 6.17. The number of hydrogen-bond acceptors (Lipinski definition) is 5. The van der Waals surface area contributed by atoms with Gasteiger partial charge in [0.2, 0.25) is 17.7 Å². The molecule has 8 atom stereocenters. The molecule has 6 rings (SSSR count). The molecule has 2 bridgehead atoms. The van der Waals surface area contributed by atoms with Crippen LogP contribution in [-0.4, -0.2) is 53.5 Å². The molecule has 9 heteroatoms. The number of halogens is 1. The Kier molecular flexibility index (Phi) is 7.09. The summed E-state index contributed by atoms with van der Waals surface area (Å²) in [5.74, 6) is -1.57. The monoisotopic (exact) mass is 561 g/mol. The van der Waals surface area contributed by atoms with Gasteiger partial charge in [-0.15, -0.1) is 0 Å². The maximum absolute atomic E-state index is 14.2. The average molecular weight is 562 g/mol. The molecule has 1 spiro atoms. The number of methoxy groups -OCH3 is 1. The number of nitrogens with zero attached hydrogens (tertiary/aromatic N) is 1. The van der Waals surface area contributed by atoms with Gasteiger partial charge < -0.3 is 25.0 Å². The molecule has 2 saturated heterocycles. The van der Waals surface area contributed by atoms with Gasteiger partial charge in [-0.25, -0.2) is 4.39 Å². The first-order valence-corrected chi connectivity index (χ1v) is 14.4. The Labute approximate surface area is 239 Å². The molecule has 3 amide bonds. The number of rotatable bonds is 7. The highest BCUT2D eigenvalue weighted by atomic mass is 19.1. The van der Waals surface area contributed by atoms with Crippen molar-refractivity contribution in [2.24, 2.45) is 23.7 Å². The molecule has 3 heterocycles. The highest BCUT2D eigenvalue weighted by molar-refractivity contribution is 6.02. The highest BCUT2D eigenvalue weighted by Crippen LogP contribution is 2.55. The van der Waals surface area contributed by atoms with Crippen molar-refractivity contribution >= 4 is 23.4 Å². The Morgan fingerprint density at radius 1 is 1.07 bits per heavy atom. The largest absolute Gasteiger partial charge is 0.497 e. The molecule has 3 fully saturated rings. The van der Waals surface area contributed by atoms with E-state index in [-0.39, 0.29) is 36.1 Å². The lowest BCUT2D eigenvalue weighted by atomic mass is 9.73. The van der Waals surface area contributed by atoms with E-state index in [0.29, 0.717) is 28.8 Å². The molecule has 3 aliphatic heterocycles. The number of carbonyl (C=O) groups excluding carboxylic acids is 3. The Bertz CT molecular complexity index is 1360. The zero-order chi connectivity index (χ0) is 28.9. The molecule has 1 aliphatic carbocycles. The maximum atomic E-state index is 14.2. The van der Waals surface area contributed by atoms with Crippen molar-refractivity contribution in [2.45, 2.75) is 63.4 Å². The molecule has 4 aliphatic rings. The third-order valence-corrected chi connectivity index (χ3v) is 9.58. The first-order valence-electron chi connectivity index (χ1n) is 14.4. The molecule has 2 aromatic rings. The Morgan fingerprint density at radius 2 is 1.80 bits per heavy atom. The quantitative estimate of drug-likeness (QED) is 0.497. The summed E-state index contributed by atoms with van der Waals surface area (Å²) in [7, 11) is 1.57. The van der Waals surface area contributed by atoms with Crippen molar-refractivity contribution in [1.29, 1.82) is 0 Å². The second-order valence-corrected chi connectivity index (χ2v) is 11.9. The predicted molar refractivity (Wildman–Crippen MR) is 150 cm³/mol. The number of ether oxygens (including phenoxy) is 2. The summed E-state index contributed by atoms with van der Waals surface area (Å²) in [6, 6.07) is 11.9. The highest BCUT2D eigenvalue weighted by Gasteiger charge is 2.72. The fourth-order valence-electron chi connectivity index (χ4n) is 7.17. The van der Waals surface area contributed by atoms with E-state index < -0.39 is 29.6 Å². The fraction of sp³-hybridized carbons (Fsp3) is 0.469. The third kappa shape index (κ3) is 4.70. The summed E-state index contributed by atoms with van der Waals surface area (Å²) >= 11 is 0. The number of hydrogen-bond donors (Lipinski definition) is 2. The lowest BCUT2D eigenvalue weighted by molar-refractivity contribution is -0.142. The fourth-order valence-corrected chi connectivity index (χ4v) is 7.17. The van der Waals surface area contributed by atoms with Crippen LogP contribution in [0.15, 0.2) is 60.7 Å². The first-order chi connectivity index (χ1) is 19.7. The minimum absolute atomic E-state index is 0.0128. The van der Waals surface area contributed by atoms with E-state index in [1.165, 1.54) is 17.0 Å². The van der Waals surface area contributed by atoms with Gasteiger partial charge in [-0.1, -0.05) is 51.0 Å². The van der Waals surface area contributed by atoms with Crippen molar-refractivity contribution in [2.75, 3.05) is 12.4 Å². The number of amides is 3. The van der Waals surface area contributed by atoms with Crippen molar-refractivity contribution < 1.29 is 28.2 Å². The molecular weight excluding hydrogens is 525 g/mol. The zero-order valence-electron chi connectivity index (χ0n) is 23.5. The normalized spacial score (nSPS) is 33.5. The van der Waals surface area contributed by atoms with Crippen LogP contribution in [0.3, 0.4) is 0 Å². The van der Waals surface area contributed by atoms with Gasteiger partial charge in [-0.3, -0.25) is 14.4 Å². The Hall–Kier alpha value is -3.72. The van der Waals surface area contributed by atoms with E-state index in [1.54, 1.807) is 55.7 Å². The maximum Gasteiger partial charge on any atom is 0.246 e. The standard InChI is InChI=1S/C32H36FN3O5/c1-18-5-4-6-24(19(18)2)35-30(38)28-32-16-15-25(41-32)26(29(37)34-22-11-13-23(40-3)14-12-22)27(32)31(39)36(28)17-20-7-9-21(33)10-8-20/h7-16,18-19,24-28H,4-6,17H2,1-3H3,(H,34,37)(H,35,38)/t18-,19-,24-,25+,26-,27+,28+,32+/m1/s1. The van der Waals surface area contributed by atoms with Crippen molar-refractivity contribution in [1.82, 2.24) is 10.2 Å². The summed E-state index contributed by atoms with van der Waals surface area (Å²) in [5.41, 5.74) is -0.0108. The van der Waals surface area contributed by atoms with Gasteiger partial charge >= 0.3 is 0 Å². The first kappa shape index (κ1) is 27.4. The van der Waals surface area contributed by atoms with Gasteiger partial charge in [-0.05, 0) is 60.2 Å². The van der Waals surface area contributed by atoms with Gasteiger partial charge in [0, 0.05) is 18.3 Å². The van der Waals surface area contributed by atoms with E-state index in [1.807, 2.05) is 0 Å². The molecule has 2 aromatic carbocycles. The lowest BCUT2D eigenvalue weighted by Crippen LogP contribution is -2.57. The number of fused-ring (bicyclic) bond motifs is 1. The molecule has 0 aromatic heterocycles. The van der Waals surface area contributed by atoms with Crippen LogP contribution in [0, 0.1) is 29.5 Å². The Balaban J connectivity index is 1.31. The van der Waals surface area contributed by atoms with Gasteiger partial charge in [0.15, 0.2) is 0 Å². The lowest BCUT2D eigenvalue weighted by Gasteiger charge is -2.38. The molecule has 1 saturated carbocycles. The number of anilines is 1. The van der Waals surface area contributed by atoms with E-state index >= 15 is 0 Å². The van der Waals surface area contributed by atoms with E-state index in [4.69, 9.17) is 9.47 Å². The van der Waals surface area contributed by atoms with Crippen LogP contribution in [0.1, 0.15) is 38.7 Å². The molecule has 216 valence electrons. The molecular formula is C32H36FN3O5. The van der Waals surface area contributed by atoms with E-state index in [2.05, 4.69) is 24.5 Å². The molecule has 8 nitrogen and oxygen atoms in total. The zero-order valence-corrected chi connectivity index (χ0v) is 23.5. The molecule has 0 unspecified atom stereocenters. The van der Waals surface area contributed by atoms with Crippen LogP contribution in [-0.2, 0) is 25.7 Å². The van der Waals surface area contributed by atoms with Crippen LogP contribution >= 0.6 is 0 Å². The SMILES string of the molecule is COc1ccc(NC(=O)[C@@H]2[C@@H]3C=C[C@]4(O3)[C@@H]2C(=O)N(Cc2ccc(F)cc2)[C@H]4C(=O)N[C@@H]2CCC[C@@H](C)[C@H]2C)cc1. The van der Waals surface area contributed by atoms with Gasteiger partial charge in [0.05, 0.1) is 25.0 Å². The minimum atomic E-state index is -1.27.